The van der Waals surface area contributed by atoms with Gasteiger partial charge in [0.2, 0.25) is 0 Å². The zero-order valence-corrected chi connectivity index (χ0v) is 23.1. The van der Waals surface area contributed by atoms with Crippen LogP contribution >= 0.6 is 0 Å². The molecule has 0 N–H and O–H groups in total. The molecular weight excluding hydrogens is 472 g/mol. The Labute approximate surface area is 226 Å². The van der Waals surface area contributed by atoms with Crippen LogP contribution in [0, 0.1) is 6.92 Å². The second kappa shape index (κ2) is 11.5. The van der Waals surface area contributed by atoms with E-state index in [-0.39, 0.29) is 0 Å². The lowest BCUT2D eigenvalue weighted by Crippen LogP contribution is -2.37. The highest BCUT2D eigenvalue weighted by Gasteiger charge is 2.26. The Kier molecular flexibility index (Phi) is 7.86. The Morgan fingerprint density at radius 2 is 1.97 bits per heavy atom. The molecule has 0 unspecified atom stereocenters. The van der Waals surface area contributed by atoms with Gasteiger partial charge in [-0.15, -0.1) is 0 Å². The third-order valence-corrected chi connectivity index (χ3v) is 7.19. The van der Waals surface area contributed by atoms with Crippen molar-refractivity contribution in [3.63, 3.8) is 0 Å². The molecule has 1 aliphatic carbocycles. The van der Waals surface area contributed by atoms with Gasteiger partial charge < -0.3 is 14.5 Å². The molecule has 0 spiro atoms. The minimum Gasteiger partial charge on any atom is -0.378 e. The number of morpholine rings is 1. The fourth-order valence-corrected chi connectivity index (χ4v) is 5.03. The number of fused-ring (bicyclic) bond motifs is 1. The van der Waals surface area contributed by atoms with Crippen molar-refractivity contribution >= 4 is 11.9 Å². The van der Waals surface area contributed by atoms with Crippen LogP contribution in [0.5, 0.6) is 0 Å². The maximum Gasteiger partial charge on any atom is 0.253 e. The van der Waals surface area contributed by atoms with Gasteiger partial charge in [0.05, 0.1) is 25.1 Å². The average molecular weight is 511 g/mol. The first-order valence-electron chi connectivity index (χ1n) is 13.5. The van der Waals surface area contributed by atoms with Crippen LogP contribution in [0.3, 0.4) is 0 Å². The van der Waals surface area contributed by atoms with Crippen LogP contribution in [-0.2, 0) is 11.2 Å². The van der Waals surface area contributed by atoms with Gasteiger partial charge in [-0.3, -0.25) is 0 Å². The molecule has 1 aliphatic heterocycles. The van der Waals surface area contributed by atoms with Crippen LogP contribution in [0.25, 0.3) is 23.2 Å². The molecule has 1 saturated heterocycles. The third kappa shape index (κ3) is 5.79. The van der Waals surface area contributed by atoms with Gasteiger partial charge in [-0.25, -0.2) is 9.67 Å². The second-order valence-electron chi connectivity index (χ2n) is 10.4. The minimum atomic E-state index is 0.596. The average Bonchev–Trinajstić information content (AvgIpc) is 3.58. The summed E-state index contributed by atoms with van der Waals surface area (Å²) in [4.78, 5) is 14.6. The first-order chi connectivity index (χ1) is 18.4. The number of hydrogen-bond donors (Lipinski definition) is 0. The molecule has 0 bridgehead atoms. The van der Waals surface area contributed by atoms with E-state index in [9.17, 15) is 0 Å². The van der Waals surface area contributed by atoms with Gasteiger partial charge in [-0.1, -0.05) is 55.0 Å². The molecular formula is C31H38N6O. The molecule has 0 amide bonds. The van der Waals surface area contributed by atoms with E-state index in [1.165, 1.54) is 22.3 Å². The number of allylic oxidation sites excluding steroid dienone is 3. The van der Waals surface area contributed by atoms with Crippen LogP contribution in [-0.4, -0.2) is 71.6 Å². The van der Waals surface area contributed by atoms with E-state index >= 15 is 0 Å². The Bertz CT molecular complexity index is 1380. The van der Waals surface area contributed by atoms with Crippen LogP contribution in [0.1, 0.15) is 36.6 Å². The van der Waals surface area contributed by atoms with Gasteiger partial charge in [0, 0.05) is 43.4 Å². The fourth-order valence-electron chi connectivity index (χ4n) is 5.03. The number of aromatic nitrogens is 4. The summed E-state index contributed by atoms with van der Waals surface area (Å²) >= 11 is 0. The first-order valence-corrected chi connectivity index (χ1v) is 13.5. The normalized spacial score (nSPS) is 15.7. The summed E-state index contributed by atoms with van der Waals surface area (Å²) in [6.45, 7) is 12.7. The summed E-state index contributed by atoms with van der Waals surface area (Å²) in [6.07, 6.45) is 11.2. The number of benzene rings is 1. The molecule has 5 rings (SSSR count). The van der Waals surface area contributed by atoms with Crippen LogP contribution < -0.4 is 4.90 Å². The largest absolute Gasteiger partial charge is 0.378 e. The summed E-state index contributed by atoms with van der Waals surface area (Å²) in [5.74, 6) is 1.59. The Balaban J connectivity index is 1.50. The van der Waals surface area contributed by atoms with Crippen molar-refractivity contribution in [2.45, 2.75) is 33.1 Å². The van der Waals surface area contributed by atoms with Crippen molar-refractivity contribution in [3.8, 4) is 17.1 Å². The Hall–Kier alpha value is -3.55. The van der Waals surface area contributed by atoms with E-state index < -0.39 is 0 Å². The zero-order valence-electron chi connectivity index (χ0n) is 23.1. The minimum absolute atomic E-state index is 0.596. The molecule has 1 fully saturated rings. The lowest BCUT2D eigenvalue weighted by molar-refractivity contribution is 0.122. The lowest BCUT2D eigenvalue weighted by atomic mass is 9.98. The van der Waals surface area contributed by atoms with E-state index in [1.807, 2.05) is 12.4 Å². The monoisotopic (exact) mass is 510 g/mol. The van der Waals surface area contributed by atoms with Gasteiger partial charge in [0.1, 0.15) is 5.82 Å². The SMILES string of the molecule is C=C(/C=C(\CC)C1=Cc2nc(-n3cc(-c4cccc(C)c4)cn3)nc(N3CCOCC3)c2C1)CCN(C)C. The van der Waals surface area contributed by atoms with Gasteiger partial charge in [0.25, 0.3) is 5.95 Å². The number of hydrogen-bond acceptors (Lipinski definition) is 6. The Morgan fingerprint density at radius 1 is 1.16 bits per heavy atom. The number of aryl methyl sites for hydroxylation is 1. The first kappa shape index (κ1) is 26.1. The van der Waals surface area contributed by atoms with E-state index in [4.69, 9.17) is 14.7 Å². The topological polar surface area (TPSA) is 59.3 Å². The van der Waals surface area contributed by atoms with Gasteiger partial charge in [0.15, 0.2) is 0 Å². The van der Waals surface area contributed by atoms with Crippen molar-refractivity contribution < 1.29 is 4.74 Å². The van der Waals surface area contributed by atoms with Gasteiger partial charge >= 0.3 is 0 Å². The summed E-state index contributed by atoms with van der Waals surface area (Å²) in [5, 5.41) is 4.65. The highest BCUT2D eigenvalue weighted by Crippen LogP contribution is 2.36. The molecule has 38 heavy (non-hydrogen) atoms. The molecule has 198 valence electrons. The summed E-state index contributed by atoms with van der Waals surface area (Å²) in [5.41, 5.74) is 9.37. The molecule has 3 aromatic rings. The molecule has 0 atom stereocenters. The molecule has 0 radical (unpaired) electrons. The van der Waals surface area contributed by atoms with Crippen LogP contribution in [0.2, 0.25) is 0 Å². The predicted molar refractivity (Wildman–Crippen MR) is 155 cm³/mol. The highest BCUT2D eigenvalue weighted by atomic mass is 16.5. The number of rotatable bonds is 9. The van der Waals surface area contributed by atoms with Crippen LogP contribution in [0.4, 0.5) is 5.82 Å². The summed E-state index contributed by atoms with van der Waals surface area (Å²) < 4.78 is 7.44. The standard InChI is InChI=1S/C31H38N6O/c1-6-24(16-23(3)10-11-35(4)5)26-18-28-29(19-26)33-31(34-30(28)36-12-14-38-15-13-36)37-21-27(20-32-37)25-9-7-8-22(2)17-25/h7-9,16-17,19-21H,3,6,10-15,18H2,1-2,4-5H3/b24-16+. The third-order valence-electron chi connectivity index (χ3n) is 7.19. The number of ether oxygens (including phenoxy) is 1. The molecule has 3 heterocycles. The van der Waals surface area contributed by atoms with E-state index in [0.717, 1.165) is 67.1 Å². The summed E-state index contributed by atoms with van der Waals surface area (Å²) in [7, 11) is 4.20. The van der Waals surface area contributed by atoms with E-state index in [2.05, 4.69) is 85.8 Å². The maximum absolute atomic E-state index is 5.64. The summed E-state index contributed by atoms with van der Waals surface area (Å²) in [6, 6.07) is 8.46. The molecule has 7 heteroatoms. The molecule has 2 aliphatic rings. The number of nitrogens with zero attached hydrogens (tertiary/aromatic N) is 6. The van der Waals surface area contributed by atoms with E-state index in [1.54, 1.807) is 4.68 Å². The molecule has 0 saturated carbocycles. The van der Waals surface area contributed by atoms with Crippen molar-refractivity contribution in [1.82, 2.24) is 24.6 Å². The van der Waals surface area contributed by atoms with Gasteiger partial charge in [-0.2, -0.15) is 10.1 Å². The quantitative estimate of drug-likeness (QED) is 0.366. The zero-order chi connectivity index (χ0) is 26.6. The van der Waals surface area contributed by atoms with Gasteiger partial charge in [-0.05, 0) is 56.6 Å². The van der Waals surface area contributed by atoms with E-state index in [0.29, 0.717) is 19.2 Å². The number of anilines is 1. The predicted octanol–water partition coefficient (Wildman–Crippen LogP) is 5.26. The Morgan fingerprint density at radius 3 is 2.71 bits per heavy atom. The smallest absolute Gasteiger partial charge is 0.253 e. The van der Waals surface area contributed by atoms with Crippen LogP contribution in [0.15, 0.2) is 66.0 Å². The highest BCUT2D eigenvalue weighted by molar-refractivity contribution is 5.72. The second-order valence-corrected chi connectivity index (χ2v) is 10.4. The van der Waals surface area contributed by atoms with Crippen molar-refractivity contribution in [2.75, 3.05) is 51.8 Å². The van der Waals surface area contributed by atoms with Crippen molar-refractivity contribution in [1.29, 1.82) is 0 Å². The molecule has 1 aromatic carbocycles. The van der Waals surface area contributed by atoms with Crippen molar-refractivity contribution in [2.24, 2.45) is 0 Å². The lowest BCUT2D eigenvalue weighted by Gasteiger charge is -2.29. The maximum atomic E-state index is 5.64. The molecule has 7 nitrogen and oxygen atoms in total. The van der Waals surface area contributed by atoms with Crippen molar-refractivity contribution in [3.05, 3.63) is 82.9 Å². The fraction of sp³-hybridized carbons (Fsp3) is 0.387. The molecule has 2 aromatic heterocycles.